The number of hydrogen-bond donors (Lipinski definition) is 0. The maximum atomic E-state index is 6.84. The summed E-state index contributed by atoms with van der Waals surface area (Å²) in [5.74, 6) is 1.73. The number of aromatic nitrogens is 3. The van der Waals surface area contributed by atoms with Crippen LogP contribution in [0, 0.1) is 0 Å². The van der Waals surface area contributed by atoms with Gasteiger partial charge in [0.1, 0.15) is 11.2 Å². The number of para-hydroxylation sites is 1. The van der Waals surface area contributed by atoms with Gasteiger partial charge in [-0.1, -0.05) is 158 Å². The predicted octanol–water partition coefficient (Wildman–Crippen LogP) is 14.7. The largest absolute Gasteiger partial charge is 0.455 e. The van der Waals surface area contributed by atoms with Crippen LogP contribution in [0.15, 0.2) is 223 Å². The van der Waals surface area contributed by atoms with E-state index in [0.29, 0.717) is 17.5 Å². The maximum absolute atomic E-state index is 6.84. The van der Waals surface area contributed by atoms with Gasteiger partial charge in [0.25, 0.3) is 0 Å². The summed E-state index contributed by atoms with van der Waals surface area (Å²) >= 11 is 0. The molecule has 5 heteroatoms. The van der Waals surface area contributed by atoms with Gasteiger partial charge in [0, 0.05) is 39.0 Å². The number of anilines is 3. The summed E-state index contributed by atoms with van der Waals surface area (Å²) in [6.45, 7) is 0. The molecule has 0 N–H and O–H groups in total. The lowest BCUT2D eigenvalue weighted by Crippen LogP contribution is -2.09. The van der Waals surface area contributed by atoms with Crippen LogP contribution in [0.3, 0.4) is 0 Å². The van der Waals surface area contributed by atoms with Crippen LogP contribution in [-0.4, -0.2) is 15.0 Å². The summed E-state index contributed by atoms with van der Waals surface area (Å²) in [6, 6.07) is 75.9. The molecule has 0 aliphatic heterocycles. The van der Waals surface area contributed by atoms with Crippen LogP contribution in [0.25, 0.3) is 89.1 Å². The highest BCUT2D eigenvalue weighted by Crippen LogP contribution is 2.43. The Labute approximate surface area is 347 Å². The summed E-state index contributed by atoms with van der Waals surface area (Å²) in [6.07, 6.45) is 0. The van der Waals surface area contributed by atoms with E-state index in [1.807, 2.05) is 66.7 Å². The van der Waals surface area contributed by atoms with Crippen LogP contribution in [0.5, 0.6) is 0 Å². The van der Waals surface area contributed by atoms with E-state index < -0.39 is 0 Å². The van der Waals surface area contributed by atoms with Crippen molar-refractivity contribution in [3.8, 4) is 56.4 Å². The molecule has 0 amide bonds. The lowest BCUT2D eigenvalue weighted by atomic mass is 9.97. The topological polar surface area (TPSA) is 55.1 Å². The monoisotopic (exact) mass is 768 g/mol. The summed E-state index contributed by atoms with van der Waals surface area (Å²) in [5, 5.41) is 4.30. The van der Waals surface area contributed by atoms with Crippen LogP contribution >= 0.6 is 0 Å². The molecule has 282 valence electrons. The second kappa shape index (κ2) is 15.0. The van der Waals surface area contributed by atoms with Crippen molar-refractivity contribution in [2.45, 2.75) is 0 Å². The average molecular weight is 769 g/mol. The number of benzene rings is 9. The van der Waals surface area contributed by atoms with Crippen molar-refractivity contribution in [3.63, 3.8) is 0 Å². The Hall–Kier alpha value is -8.15. The first-order valence-electron chi connectivity index (χ1n) is 20.1. The summed E-state index contributed by atoms with van der Waals surface area (Å²) in [5.41, 5.74) is 11.7. The number of nitrogens with zero attached hydrogens (tertiary/aromatic N) is 4. The Bertz CT molecular complexity index is 3240. The third-order valence-corrected chi connectivity index (χ3v) is 11.1. The highest BCUT2D eigenvalue weighted by Gasteiger charge is 2.21. The number of furan rings is 1. The predicted molar refractivity (Wildman–Crippen MR) is 246 cm³/mol. The van der Waals surface area contributed by atoms with Crippen molar-refractivity contribution in [3.05, 3.63) is 218 Å². The molecule has 0 saturated heterocycles. The van der Waals surface area contributed by atoms with Crippen molar-refractivity contribution in [2.24, 2.45) is 0 Å². The summed E-state index contributed by atoms with van der Waals surface area (Å²) < 4.78 is 6.84. The van der Waals surface area contributed by atoms with Gasteiger partial charge in [-0.15, -0.1) is 0 Å². The van der Waals surface area contributed by atoms with Gasteiger partial charge >= 0.3 is 0 Å². The van der Waals surface area contributed by atoms with E-state index in [1.165, 1.54) is 11.1 Å². The van der Waals surface area contributed by atoms with E-state index in [4.69, 9.17) is 19.4 Å². The van der Waals surface area contributed by atoms with Gasteiger partial charge < -0.3 is 9.32 Å². The first-order chi connectivity index (χ1) is 29.7. The molecule has 5 nitrogen and oxygen atoms in total. The highest BCUT2D eigenvalue weighted by molar-refractivity contribution is 6.14. The minimum absolute atomic E-state index is 0.540. The number of hydrogen-bond acceptors (Lipinski definition) is 5. The Morgan fingerprint density at radius 2 is 0.817 bits per heavy atom. The molecule has 11 aromatic rings. The molecule has 0 unspecified atom stereocenters. The molecule has 0 saturated carbocycles. The van der Waals surface area contributed by atoms with Gasteiger partial charge in [0.2, 0.25) is 0 Å². The Balaban J connectivity index is 1.12. The van der Waals surface area contributed by atoms with E-state index >= 15 is 0 Å². The molecule has 0 atom stereocenters. The standard InChI is InChI=1S/C55H36N4O/c1-5-16-37(17-6-1)38-28-30-46(31-29-38)59(45-25-11-4-12-26-45)47-27-15-24-41(32-47)44-34-49-48-33-42-22-13-14-23-43(42)36-51(48)60-52(49)50(35-44)55-57-53(39-18-7-2-8-19-39)56-54(58-55)40-20-9-3-10-21-40/h1-36H. The van der Waals surface area contributed by atoms with Crippen molar-refractivity contribution in [1.82, 2.24) is 15.0 Å². The van der Waals surface area contributed by atoms with E-state index in [9.17, 15) is 0 Å². The van der Waals surface area contributed by atoms with Crippen LogP contribution in [0.4, 0.5) is 17.1 Å². The van der Waals surface area contributed by atoms with E-state index in [1.54, 1.807) is 0 Å². The third-order valence-electron chi connectivity index (χ3n) is 11.1. The molecular weight excluding hydrogens is 733 g/mol. The lowest BCUT2D eigenvalue weighted by Gasteiger charge is -2.26. The van der Waals surface area contributed by atoms with E-state index in [2.05, 4.69) is 157 Å². The van der Waals surface area contributed by atoms with Gasteiger partial charge in [-0.3, -0.25) is 0 Å². The SMILES string of the molecule is c1ccc(-c2ccc(N(c3ccccc3)c3cccc(-c4cc(-c5nc(-c6ccccc6)nc(-c6ccccc6)n5)c5oc6cc7ccccc7cc6c5c4)c3)cc2)cc1. The number of fused-ring (bicyclic) bond motifs is 4. The Kier molecular flexibility index (Phi) is 8.75. The fourth-order valence-corrected chi connectivity index (χ4v) is 8.11. The summed E-state index contributed by atoms with van der Waals surface area (Å²) in [4.78, 5) is 17.6. The van der Waals surface area contributed by atoms with E-state index in [0.717, 1.165) is 77.6 Å². The molecule has 60 heavy (non-hydrogen) atoms. The molecule has 0 bridgehead atoms. The second-order valence-electron chi connectivity index (χ2n) is 14.9. The van der Waals surface area contributed by atoms with Gasteiger partial charge in [-0.2, -0.15) is 0 Å². The third kappa shape index (κ3) is 6.54. The number of rotatable bonds is 8. The van der Waals surface area contributed by atoms with Crippen molar-refractivity contribution in [2.75, 3.05) is 4.90 Å². The lowest BCUT2D eigenvalue weighted by molar-refractivity contribution is 0.670. The first-order valence-corrected chi connectivity index (χ1v) is 20.1. The van der Waals surface area contributed by atoms with Crippen molar-refractivity contribution < 1.29 is 4.42 Å². The normalized spacial score (nSPS) is 11.3. The molecule has 0 aliphatic rings. The molecule has 11 rings (SSSR count). The summed E-state index contributed by atoms with van der Waals surface area (Å²) in [7, 11) is 0. The average Bonchev–Trinajstić information content (AvgIpc) is 3.69. The fraction of sp³-hybridized carbons (Fsp3) is 0. The maximum Gasteiger partial charge on any atom is 0.167 e. The van der Waals surface area contributed by atoms with Gasteiger partial charge in [0.05, 0.1) is 5.56 Å². The molecule has 2 heterocycles. The van der Waals surface area contributed by atoms with Crippen LogP contribution in [0.1, 0.15) is 0 Å². The van der Waals surface area contributed by atoms with Gasteiger partial charge in [-0.25, -0.2) is 15.0 Å². The van der Waals surface area contributed by atoms with Crippen LogP contribution in [0.2, 0.25) is 0 Å². The zero-order chi connectivity index (χ0) is 39.8. The molecule has 0 radical (unpaired) electrons. The van der Waals surface area contributed by atoms with Gasteiger partial charge in [0.15, 0.2) is 17.5 Å². The molecule has 9 aromatic carbocycles. The second-order valence-corrected chi connectivity index (χ2v) is 14.9. The van der Waals surface area contributed by atoms with Gasteiger partial charge in [-0.05, 0) is 93.7 Å². The molecule has 0 fully saturated rings. The minimum atomic E-state index is 0.540. The molecule has 0 spiro atoms. The van der Waals surface area contributed by atoms with Crippen LogP contribution in [-0.2, 0) is 0 Å². The quantitative estimate of drug-likeness (QED) is 0.154. The minimum Gasteiger partial charge on any atom is -0.455 e. The zero-order valence-electron chi connectivity index (χ0n) is 32.5. The van der Waals surface area contributed by atoms with Crippen LogP contribution < -0.4 is 4.90 Å². The van der Waals surface area contributed by atoms with E-state index in [-0.39, 0.29) is 0 Å². The highest BCUT2D eigenvalue weighted by atomic mass is 16.3. The first kappa shape index (κ1) is 35.0. The van der Waals surface area contributed by atoms with Crippen molar-refractivity contribution >= 4 is 49.8 Å². The smallest absolute Gasteiger partial charge is 0.167 e. The van der Waals surface area contributed by atoms with Crippen molar-refractivity contribution in [1.29, 1.82) is 0 Å². The molecular formula is C55H36N4O. The molecule has 0 aliphatic carbocycles. The Morgan fingerprint density at radius 1 is 0.317 bits per heavy atom. The fourth-order valence-electron chi connectivity index (χ4n) is 8.11. The Morgan fingerprint density at radius 3 is 1.47 bits per heavy atom. The zero-order valence-corrected chi connectivity index (χ0v) is 32.5. The molecule has 2 aromatic heterocycles.